The lowest BCUT2D eigenvalue weighted by atomic mass is 9.96. The molecule has 7 nitrogen and oxygen atoms in total. The molecule has 2 bridgehead atoms. The minimum absolute atomic E-state index is 0.162. The molecule has 2 aromatic rings. The van der Waals surface area contributed by atoms with Gasteiger partial charge in [0.2, 0.25) is 0 Å². The molecule has 1 aromatic carbocycles. The maximum atomic E-state index is 13.8. The van der Waals surface area contributed by atoms with Gasteiger partial charge in [-0.15, -0.1) is 0 Å². The highest BCUT2D eigenvalue weighted by Crippen LogP contribution is 2.43. The standard InChI is InChI=1S/C27H30N4O3S/c1-6-7-8-18-9-11-22(29-16-18)25(32)30-19-10-12-24-21(14-19)23-15-20(13-17(2)34-24)35(5,33)27(3,4)26(28)31-23/h6,9-12,14,16-17,20,23H,1,5,13,15H2,2-4H3,(H2,28,31)(H,30,32)/t17-,20?,23?,35?/m0/s1. The van der Waals surface area contributed by atoms with E-state index in [0.29, 0.717) is 35.7 Å². The van der Waals surface area contributed by atoms with Crippen molar-refractivity contribution in [1.82, 2.24) is 4.98 Å². The maximum Gasteiger partial charge on any atom is 0.274 e. The van der Waals surface area contributed by atoms with Crippen molar-refractivity contribution in [2.24, 2.45) is 10.7 Å². The highest BCUT2D eigenvalue weighted by Gasteiger charge is 2.44. The number of benzene rings is 1. The molecule has 0 saturated heterocycles. The zero-order valence-corrected chi connectivity index (χ0v) is 21.0. The molecular formula is C27H30N4O3S. The minimum atomic E-state index is -2.60. The fourth-order valence-corrected chi connectivity index (χ4v) is 6.70. The first-order chi connectivity index (χ1) is 16.5. The third-order valence-corrected chi connectivity index (χ3v) is 10.1. The molecule has 0 spiro atoms. The first-order valence-electron chi connectivity index (χ1n) is 11.4. The van der Waals surface area contributed by atoms with E-state index in [-0.39, 0.29) is 29.0 Å². The smallest absolute Gasteiger partial charge is 0.274 e. The van der Waals surface area contributed by atoms with Crippen LogP contribution in [0, 0.1) is 11.8 Å². The van der Waals surface area contributed by atoms with Crippen molar-refractivity contribution >= 4 is 32.8 Å². The Morgan fingerprint density at radius 1 is 1.31 bits per heavy atom. The number of aromatic nitrogens is 1. The minimum Gasteiger partial charge on any atom is -0.490 e. The van der Waals surface area contributed by atoms with Crippen LogP contribution < -0.4 is 15.8 Å². The number of rotatable bonds is 2. The van der Waals surface area contributed by atoms with Crippen LogP contribution in [-0.4, -0.2) is 42.9 Å². The summed E-state index contributed by atoms with van der Waals surface area (Å²) in [5.41, 5.74) is 8.69. The average molecular weight is 491 g/mol. The Hall–Kier alpha value is -3.57. The Morgan fingerprint density at radius 2 is 2.09 bits per heavy atom. The van der Waals surface area contributed by atoms with E-state index in [4.69, 9.17) is 15.5 Å². The van der Waals surface area contributed by atoms with Gasteiger partial charge in [-0.05, 0) is 85.4 Å². The number of nitrogens with zero attached hydrogens (tertiary/aromatic N) is 2. The van der Waals surface area contributed by atoms with E-state index >= 15 is 0 Å². The van der Waals surface area contributed by atoms with E-state index in [1.54, 1.807) is 24.4 Å². The summed E-state index contributed by atoms with van der Waals surface area (Å²) in [7, 11) is -2.60. The second kappa shape index (κ2) is 9.23. The normalized spacial score (nSPS) is 26.7. The molecule has 1 amide bonds. The Labute approximate surface area is 206 Å². The molecule has 0 saturated carbocycles. The maximum absolute atomic E-state index is 13.8. The van der Waals surface area contributed by atoms with Crippen LogP contribution in [0.3, 0.4) is 0 Å². The van der Waals surface area contributed by atoms with Crippen molar-refractivity contribution < 1.29 is 13.7 Å². The number of carbonyl (C=O) groups is 1. The number of ether oxygens (including phenoxy) is 1. The summed E-state index contributed by atoms with van der Waals surface area (Å²) in [5, 5.41) is 2.69. The number of amides is 1. The second-order valence-electron chi connectivity index (χ2n) is 9.40. The Bertz CT molecular complexity index is 1370. The molecule has 3 unspecified atom stereocenters. The summed E-state index contributed by atoms with van der Waals surface area (Å²) in [6.45, 7) is 9.21. The monoisotopic (exact) mass is 490 g/mol. The lowest BCUT2D eigenvalue weighted by Crippen LogP contribution is -2.49. The molecule has 2 aliphatic heterocycles. The van der Waals surface area contributed by atoms with Crippen LogP contribution in [0.25, 0.3) is 0 Å². The first-order valence-corrected chi connectivity index (χ1v) is 13.2. The number of nitrogens with one attached hydrogen (secondary N) is 1. The molecule has 0 radical (unpaired) electrons. The quantitative estimate of drug-likeness (QED) is 0.493. The Balaban J connectivity index is 1.67. The van der Waals surface area contributed by atoms with Gasteiger partial charge in [0.05, 0.1) is 16.9 Å². The third kappa shape index (κ3) is 4.69. The van der Waals surface area contributed by atoms with Crippen LogP contribution in [0.15, 0.2) is 54.2 Å². The first kappa shape index (κ1) is 24.6. The summed E-state index contributed by atoms with van der Waals surface area (Å²) in [4.78, 5) is 21.8. The fraction of sp³-hybridized carbons (Fsp3) is 0.333. The number of nitrogens with two attached hydrogens (primary N) is 1. The van der Waals surface area contributed by atoms with E-state index in [9.17, 15) is 9.00 Å². The number of aliphatic imine (C=N–C) groups is 1. The largest absolute Gasteiger partial charge is 0.490 e. The van der Waals surface area contributed by atoms with Gasteiger partial charge in [-0.2, -0.15) is 0 Å². The van der Waals surface area contributed by atoms with Crippen molar-refractivity contribution in [2.45, 2.75) is 55.8 Å². The van der Waals surface area contributed by atoms with Gasteiger partial charge in [0.15, 0.2) is 0 Å². The Morgan fingerprint density at radius 3 is 2.77 bits per heavy atom. The molecule has 35 heavy (non-hydrogen) atoms. The van der Waals surface area contributed by atoms with Gasteiger partial charge in [0.25, 0.3) is 5.91 Å². The van der Waals surface area contributed by atoms with Gasteiger partial charge in [0, 0.05) is 28.3 Å². The van der Waals surface area contributed by atoms with Gasteiger partial charge in [-0.25, -0.2) is 4.98 Å². The number of hydrogen-bond donors (Lipinski definition) is 2. The molecular weight excluding hydrogens is 460 g/mol. The summed E-state index contributed by atoms with van der Waals surface area (Å²) in [5.74, 6) is 10.4. The van der Waals surface area contributed by atoms with Crippen molar-refractivity contribution in [2.75, 3.05) is 5.32 Å². The molecule has 0 aliphatic carbocycles. The zero-order chi connectivity index (χ0) is 25.4. The zero-order valence-electron chi connectivity index (χ0n) is 20.2. The van der Waals surface area contributed by atoms with Crippen molar-refractivity contribution in [3.63, 3.8) is 0 Å². The summed E-state index contributed by atoms with van der Waals surface area (Å²) < 4.78 is 19.2. The number of hydrogen-bond acceptors (Lipinski definition) is 6. The number of amidine groups is 1. The molecule has 1 aromatic heterocycles. The molecule has 2 aliphatic rings. The topological polar surface area (TPSA) is 107 Å². The third-order valence-electron chi connectivity index (χ3n) is 6.66. The van der Waals surface area contributed by atoms with Crippen LogP contribution >= 0.6 is 0 Å². The molecule has 4 atom stereocenters. The van der Waals surface area contributed by atoms with Crippen LogP contribution in [-0.2, 0) is 9.52 Å². The van der Waals surface area contributed by atoms with Gasteiger partial charge in [-0.3, -0.25) is 14.0 Å². The molecule has 0 fully saturated rings. The number of carbonyl (C=O) groups excluding carboxylic acids is 1. The predicted octanol–water partition coefficient (Wildman–Crippen LogP) is 3.71. The summed E-state index contributed by atoms with van der Waals surface area (Å²) >= 11 is 0. The lowest BCUT2D eigenvalue weighted by Gasteiger charge is -2.34. The van der Waals surface area contributed by atoms with Gasteiger partial charge < -0.3 is 15.8 Å². The number of anilines is 1. The lowest BCUT2D eigenvalue weighted by molar-refractivity contribution is 0.102. The van der Waals surface area contributed by atoms with Crippen LogP contribution in [0.4, 0.5) is 5.69 Å². The van der Waals surface area contributed by atoms with Crippen LogP contribution in [0.2, 0.25) is 0 Å². The highest BCUT2D eigenvalue weighted by molar-refractivity contribution is 8.02. The number of pyridine rings is 1. The van der Waals surface area contributed by atoms with Crippen molar-refractivity contribution in [1.29, 1.82) is 0 Å². The molecule has 3 heterocycles. The van der Waals surface area contributed by atoms with Crippen LogP contribution in [0.1, 0.15) is 61.3 Å². The van der Waals surface area contributed by atoms with E-state index in [0.717, 1.165) is 5.56 Å². The second-order valence-corrected chi connectivity index (χ2v) is 12.5. The van der Waals surface area contributed by atoms with Crippen molar-refractivity contribution in [3.05, 3.63) is 66.0 Å². The molecule has 4 rings (SSSR count). The highest BCUT2D eigenvalue weighted by atomic mass is 32.2. The molecule has 182 valence electrons. The molecule has 3 N–H and O–H groups in total. The van der Waals surface area contributed by atoms with E-state index in [2.05, 4.69) is 34.6 Å². The van der Waals surface area contributed by atoms with Gasteiger partial charge >= 0.3 is 0 Å². The van der Waals surface area contributed by atoms with E-state index in [1.807, 2.05) is 32.9 Å². The summed E-state index contributed by atoms with van der Waals surface area (Å²) in [6.07, 6.45) is 4.02. The Kier molecular flexibility index (Phi) is 6.48. The average Bonchev–Trinajstić information content (AvgIpc) is 2.87. The van der Waals surface area contributed by atoms with Gasteiger partial charge in [0.1, 0.15) is 17.3 Å². The van der Waals surface area contributed by atoms with Gasteiger partial charge in [-0.1, -0.05) is 18.4 Å². The number of allylic oxidation sites excluding steroid dienone is 1. The number of fused-ring (bicyclic) bond motifs is 4. The van der Waals surface area contributed by atoms with E-state index < -0.39 is 14.3 Å². The molecule has 8 heteroatoms. The predicted molar refractivity (Wildman–Crippen MR) is 143 cm³/mol. The SMILES string of the molecule is C=CC#Cc1ccc(C(=O)Nc2ccc3c(c2)C2CC(C[C@H](C)O3)S(=C)(=O)C(C)(C)C(N)=N2)nc1. The summed E-state index contributed by atoms with van der Waals surface area (Å²) in [6, 6.07) is 8.45. The van der Waals surface area contributed by atoms with Crippen molar-refractivity contribution in [3.8, 4) is 17.6 Å². The van der Waals surface area contributed by atoms with E-state index in [1.165, 1.54) is 6.08 Å². The van der Waals surface area contributed by atoms with Crippen LogP contribution in [0.5, 0.6) is 5.75 Å². The fourth-order valence-electron chi connectivity index (χ4n) is 4.38.